The lowest BCUT2D eigenvalue weighted by Crippen LogP contribution is -2.06. The largest absolute Gasteiger partial charge is 0.497 e. The average Bonchev–Trinajstić information content (AvgIpc) is 2.35. The first-order valence-electron chi connectivity index (χ1n) is 6.29. The minimum atomic E-state index is 0.177. The second kappa shape index (κ2) is 7.10. The van der Waals surface area contributed by atoms with E-state index in [1.165, 1.54) is 5.56 Å². The van der Waals surface area contributed by atoms with Gasteiger partial charge in [-0.05, 0) is 37.0 Å². The first kappa shape index (κ1) is 13.8. The molecule has 17 heavy (non-hydrogen) atoms. The van der Waals surface area contributed by atoms with Gasteiger partial charge in [0, 0.05) is 12.3 Å². The summed E-state index contributed by atoms with van der Waals surface area (Å²) in [6.45, 7) is 3.93. The summed E-state index contributed by atoms with van der Waals surface area (Å²) in [7, 11) is 1.67. The van der Waals surface area contributed by atoms with E-state index in [9.17, 15) is 4.79 Å². The van der Waals surface area contributed by atoms with Gasteiger partial charge in [-0.2, -0.15) is 0 Å². The number of Topliss-reactive ketones (excluding diaryl/α,β-unsaturated/α-hetero) is 1. The number of methoxy groups -OCH3 is 1. The lowest BCUT2D eigenvalue weighted by Gasteiger charge is -2.05. The molecule has 0 aliphatic rings. The number of benzene rings is 1. The molecule has 0 radical (unpaired) electrons. The van der Waals surface area contributed by atoms with Crippen molar-refractivity contribution in [3.05, 3.63) is 29.8 Å². The van der Waals surface area contributed by atoms with Gasteiger partial charge in [0.1, 0.15) is 11.5 Å². The summed E-state index contributed by atoms with van der Waals surface area (Å²) in [6.07, 6.45) is 3.82. The smallest absolute Gasteiger partial charge is 0.135 e. The summed E-state index contributed by atoms with van der Waals surface area (Å²) in [4.78, 5) is 11.4. The van der Waals surface area contributed by atoms with Crippen LogP contribution < -0.4 is 4.74 Å². The van der Waals surface area contributed by atoms with E-state index in [1.54, 1.807) is 7.11 Å². The highest BCUT2D eigenvalue weighted by atomic mass is 16.5. The third-order valence-corrected chi connectivity index (χ3v) is 2.94. The summed E-state index contributed by atoms with van der Waals surface area (Å²) < 4.78 is 5.11. The number of carbonyl (C=O) groups is 1. The number of carbonyl (C=O) groups excluding carboxylic acids is 1. The predicted molar refractivity (Wildman–Crippen MR) is 70.4 cm³/mol. The molecule has 0 aliphatic heterocycles. The van der Waals surface area contributed by atoms with Crippen molar-refractivity contribution in [2.45, 2.75) is 39.5 Å². The number of rotatable bonds is 7. The second-order valence-corrected chi connectivity index (χ2v) is 4.68. The third kappa shape index (κ3) is 5.03. The molecular formula is C15H22O2. The Kier molecular flexibility index (Phi) is 5.75. The van der Waals surface area contributed by atoms with Crippen LogP contribution in [-0.4, -0.2) is 12.9 Å². The van der Waals surface area contributed by atoms with Crippen LogP contribution >= 0.6 is 0 Å². The van der Waals surface area contributed by atoms with Crippen LogP contribution in [0.4, 0.5) is 0 Å². The van der Waals surface area contributed by atoms with Crippen molar-refractivity contribution in [1.82, 2.24) is 0 Å². The van der Waals surface area contributed by atoms with Gasteiger partial charge in [-0.25, -0.2) is 0 Å². The van der Waals surface area contributed by atoms with Gasteiger partial charge in [-0.15, -0.1) is 0 Å². The minimum Gasteiger partial charge on any atom is -0.497 e. The number of hydrogen-bond donors (Lipinski definition) is 0. The summed E-state index contributed by atoms with van der Waals surface area (Å²) in [5, 5.41) is 0. The van der Waals surface area contributed by atoms with Gasteiger partial charge in [0.25, 0.3) is 0 Å². The molecule has 94 valence electrons. The maximum Gasteiger partial charge on any atom is 0.135 e. The number of unbranched alkanes of at least 4 members (excludes halogenated alkanes) is 1. The maximum atomic E-state index is 11.4. The molecular weight excluding hydrogens is 212 g/mol. The van der Waals surface area contributed by atoms with Gasteiger partial charge < -0.3 is 4.74 Å². The van der Waals surface area contributed by atoms with Crippen molar-refractivity contribution in [2.75, 3.05) is 7.11 Å². The molecule has 0 aliphatic carbocycles. The molecule has 1 aromatic carbocycles. The number of ketones is 1. The molecule has 0 atom stereocenters. The molecule has 0 amide bonds. The van der Waals surface area contributed by atoms with Crippen molar-refractivity contribution in [1.29, 1.82) is 0 Å². The van der Waals surface area contributed by atoms with E-state index in [2.05, 4.69) is 12.1 Å². The Morgan fingerprint density at radius 3 is 2.35 bits per heavy atom. The molecule has 2 nitrogen and oxygen atoms in total. The predicted octanol–water partition coefficient (Wildman–Crippen LogP) is 3.63. The van der Waals surface area contributed by atoms with Crippen LogP contribution in [-0.2, 0) is 11.2 Å². The zero-order valence-electron chi connectivity index (χ0n) is 11.0. The Hall–Kier alpha value is -1.31. The standard InChI is InChI=1S/C15H22O2/c1-12(2)15(16)7-5-4-6-13-8-10-14(17-3)11-9-13/h8-12H,4-7H2,1-3H3. The third-order valence-electron chi connectivity index (χ3n) is 2.94. The minimum absolute atomic E-state index is 0.177. The van der Waals surface area contributed by atoms with E-state index in [-0.39, 0.29) is 5.92 Å². The Morgan fingerprint density at radius 2 is 1.82 bits per heavy atom. The van der Waals surface area contributed by atoms with Gasteiger partial charge in [-0.3, -0.25) is 4.79 Å². The normalized spacial score (nSPS) is 10.6. The van der Waals surface area contributed by atoms with E-state index in [0.717, 1.165) is 25.0 Å². The quantitative estimate of drug-likeness (QED) is 0.673. The van der Waals surface area contributed by atoms with Gasteiger partial charge in [0.05, 0.1) is 7.11 Å². The topological polar surface area (TPSA) is 26.3 Å². The molecule has 0 N–H and O–H groups in total. The van der Waals surface area contributed by atoms with Crippen molar-refractivity contribution in [2.24, 2.45) is 5.92 Å². The Morgan fingerprint density at radius 1 is 1.18 bits per heavy atom. The van der Waals surface area contributed by atoms with Gasteiger partial charge in [0.15, 0.2) is 0 Å². The zero-order chi connectivity index (χ0) is 12.7. The average molecular weight is 234 g/mol. The maximum absolute atomic E-state index is 11.4. The molecule has 0 fully saturated rings. The van der Waals surface area contributed by atoms with Gasteiger partial charge in [-0.1, -0.05) is 26.0 Å². The summed E-state index contributed by atoms with van der Waals surface area (Å²) in [5.74, 6) is 1.44. The van der Waals surface area contributed by atoms with Crippen molar-refractivity contribution in [3.8, 4) is 5.75 Å². The lowest BCUT2D eigenvalue weighted by atomic mass is 10.0. The van der Waals surface area contributed by atoms with E-state index in [1.807, 2.05) is 26.0 Å². The molecule has 1 rings (SSSR count). The van der Waals surface area contributed by atoms with Crippen molar-refractivity contribution in [3.63, 3.8) is 0 Å². The molecule has 0 saturated carbocycles. The van der Waals surface area contributed by atoms with Crippen LogP contribution in [0.3, 0.4) is 0 Å². The second-order valence-electron chi connectivity index (χ2n) is 4.68. The molecule has 0 saturated heterocycles. The Bertz CT molecular complexity index is 338. The summed E-state index contributed by atoms with van der Waals surface area (Å²) in [6, 6.07) is 8.13. The van der Waals surface area contributed by atoms with Crippen LogP contribution in [0, 0.1) is 5.92 Å². The van der Waals surface area contributed by atoms with Crippen molar-refractivity contribution >= 4 is 5.78 Å². The number of hydrogen-bond acceptors (Lipinski definition) is 2. The van der Waals surface area contributed by atoms with Crippen molar-refractivity contribution < 1.29 is 9.53 Å². The number of ether oxygens (including phenoxy) is 1. The highest BCUT2D eigenvalue weighted by Gasteiger charge is 2.06. The van der Waals surface area contributed by atoms with E-state index in [4.69, 9.17) is 4.74 Å². The lowest BCUT2D eigenvalue weighted by molar-refractivity contribution is -0.122. The molecule has 0 spiro atoms. The first-order valence-corrected chi connectivity index (χ1v) is 6.29. The van der Waals surface area contributed by atoms with Gasteiger partial charge in [0.2, 0.25) is 0 Å². The van der Waals surface area contributed by atoms with Crippen LogP contribution in [0.1, 0.15) is 38.7 Å². The van der Waals surface area contributed by atoms with E-state index in [0.29, 0.717) is 12.2 Å². The molecule has 0 unspecified atom stereocenters. The molecule has 2 heteroatoms. The van der Waals surface area contributed by atoms with Crippen LogP contribution in [0.5, 0.6) is 5.75 Å². The molecule has 0 bridgehead atoms. The van der Waals surface area contributed by atoms with Crippen LogP contribution in [0.15, 0.2) is 24.3 Å². The van der Waals surface area contributed by atoms with Gasteiger partial charge >= 0.3 is 0 Å². The zero-order valence-corrected chi connectivity index (χ0v) is 11.0. The summed E-state index contributed by atoms with van der Waals surface area (Å²) >= 11 is 0. The fourth-order valence-corrected chi connectivity index (χ4v) is 1.71. The fourth-order valence-electron chi connectivity index (χ4n) is 1.71. The summed E-state index contributed by atoms with van der Waals surface area (Å²) in [5.41, 5.74) is 1.31. The molecule has 0 aromatic heterocycles. The fraction of sp³-hybridized carbons (Fsp3) is 0.533. The highest BCUT2D eigenvalue weighted by molar-refractivity contribution is 5.80. The number of aryl methyl sites for hydroxylation is 1. The monoisotopic (exact) mass is 234 g/mol. The van der Waals surface area contributed by atoms with E-state index >= 15 is 0 Å². The Labute approximate surface area is 104 Å². The van der Waals surface area contributed by atoms with Crippen LogP contribution in [0.2, 0.25) is 0 Å². The van der Waals surface area contributed by atoms with Crippen LogP contribution in [0.25, 0.3) is 0 Å². The van der Waals surface area contributed by atoms with E-state index < -0.39 is 0 Å². The Balaban J connectivity index is 2.24. The first-order chi connectivity index (χ1) is 8.13. The molecule has 0 heterocycles. The highest BCUT2D eigenvalue weighted by Crippen LogP contribution is 2.14. The SMILES string of the molecule is COc1ccc(CCCCC(=O)C(C)C)cc1. The molecule has 1 aromatic rings.